The van der Waals surface area contributed by atoms with Gasteiger partial charge in [-0.15, -0.1) is 0 Å². The highest BCUT2D eigenvalue weighted by molar-refractivity contribution is 7.98. The van der Waals surface area contributed by atoms with Gasteiger partial charge in [0.1, 0.15) is 24.2 Å². The molecule has 1 aromatic heterocycles. The Morgan fingerprint density at radius 3 is 2.27 bits per heavy atom. The molecule has 41 heavy (non-hydrogen) atoms. The molecule has 3 amide bonds. The zero-order chi connectivity index (χ0) is 30.5. The maximum absolute atomic E-state index is 13.5. The first kappa shape index (κ1) is 33.4. The standard InChI is InChI=1S/C26H40N8O6S/c1-14(35)21(27)24(38)32-18(8-5-10-30-26(28)29)22(36)34-20(23(37)33-19(25(39)40)9-11-41-2)12-15-13-31-17-7-4-3-6-16(15)17/h3-4,6-7,13-14,18-21,31,35H,5,8-12,27H2,1-2H3,(H,32,38)(H,33,37)(H,34,36)(H,39,40)(H4,28,29,30). The number of nitrogens with zero attached hydrogens (tertiary/aromatic N) is 1. The number of aromatic nitrogens is 1. The van der Waals surface area contributed by atoms with Crippen molar-refractivity contribution in [3.63, 3.8) is 0 Å². The van der Waals surface area contributed by atoms with Gasteiger partial charge in [-0.1, -0.05) is 18.2 Å². The van der Waals surface area contributed by atoms with Crippen molar-refractivity contribution in [3.8, 4) is 0 Å². The molecule has 2 rings (SSSR count). The number of hydrogen-bond acceptors (Lipinski definition) is 8. The van der Waals surface area contributed by atoms with E-state index in [1.54, 1.807) is 6.20 Å². The number of carbonyl (C=O) groups excluding carboxylic acids is 3. The number of aliphatic carboxylic acids is 1. The SMILES string of the molecule is CSCCC(NC(=O)C(Cc1c[nH]c2ccccc12)NC(=O)C(CCCN=C(N)N)NC(=O)C(N)C(C)O)C(=O)O. The summed E-state index contributed by atoms with van der Waals surface area (Å²) in [6.45, 7) is 1.52. The van der Waals surface area contributed by atoms with Crippen molar-refractivity contribution < 1.29 is 29.4 Å². The maximum atomic E-state index is 13.5. The molecule has 0 fully saturated rings. The van der Waals surface area contributed by atoms with Gasteiger partial charge < -0.3 is 48.3 Å². The van der Waals surface area contributed by atoms with Gasteiger partial charge in [0.15, 0.2) is 5.96 Å². The lowest BCUT2D eigenvalue weighted by Crippen LogP contribution is -2.58. The number of amides is 3. The number of aliphatic hydroxyl groups is 1. The summed E-state index contributed by atoms with van der Waals surface area (Å²) in [7, 11) is 0. The van der Waals surface area contributed by atoms with Gasteiger partial charge in [-0.05, 0) is 49.8 Å². The lowest BCUT2D eigenvalue weighted by atomic mass is 10.0. The average Bonchev–Trinajstić information content (AvgIpc) is 3.33. The van der Waals surface area contributed by atoms with Crippen molar-refractivity contribution in [1.82, 2.24) is 20.9 Å². The van der Waals surface area contributed by atoms with Crippen LogP contribution in [-0.4, -0.2) is 93.7 Å². The minimum Gasteiger partial charge on any atom is -0.480 e. The first-order chi connectivity index (χ1) is 19.4. The fourth-order valence-corrected chi connectivity index (χ4v) is 4.50. The number of H-pyrrole nitrogens is 1. The second kappa shape index (κ2) is 16.4. The number of benzene rings is 1. The van der Waals surface area contributed by atoms with Crippen molar-refractivity contribution >= 4 is 52.3 Å². The van der Waals surface area contributed by atoms with Crippen LogP contribution in [0.25, 0.3) is 10.9 Å². The molecule has 5 unspecified atom stereocenters. The normalized spacial score (nSPS) is 14.7. The molecule has 14 nitrogen and oxygen atoms in total. The number of guanidine groups is 1. The van der Waals surface area contributed by atoms with Crippen LogP contribution in [0.2, 0.25) is 0 Å². The second-order valence-corrected chi connectivity index (χ2v) is 10.6. The Hall–Kier alpha value is -3.82. The number of hydrogen-bond donors (Lipinski definition) is 9. The van der Waals surface area contributed by atoms with E-state index in [9.17, 15) is 29.4 Å². The summed E-state index contributed by atoms with van der Waals surface area (Å²) in [4.78, 5) is 58.3. The quantitative estimate of drug-likeness (QED) is 0.0600. The van der Waals surface area contributed by atoms with Gasteiger partial charge >= 0.3 is 5.97 Å². The summed E-state index contributed by atoms with van der Waals surface area (Å²) in [6, 6.07) is 2.64. The van der Waals surface area contributed by atoms with Crippen LogP contribution in [0, 0.1) is 0 Å². The van der Waals surface area contributed by atoms with Gasteiger partial charge in [0, 0.05) is 30.1 Å². The van der Waals surface area contributed by atoms with Gasteiger partial charge in [-0.25, -0.2) is 4.79 Å². The van der Waals surface area contributed by atoms with Crippen LogP contribution >= 0.6 is 11.8 Å². The second-order valence-electron chi connectivity index (χ2n) is 9.58. The molecule has 0 spiro atoms. The molecule has 0 aliphatic heterocycles. The van der Waals surface area contributed by atoms with Crippen LogP contribution in [-0.2, 0) is 25.6 Å². The molecule has 0 aliphatic rings. The van der Waals surface area contributed by atoms with E-state index in [1.165, 1.54) is 18.7 Å². The Bertz CT molecular complexity index is 1220. The number of aromatic amines is 1. The van der Waals surface area contributed by atoms with Crippen LogP contribution < -0.4 is 33.2 Å². The van der Waals surface area contributed by atoms with Gasteiger partial charge in [0.25, 0.3) is 0 Å². The van der Waals surface area contributed by atoms with E-state index in [0.29, 0.717) is 12.2 Å². The molecule has 5 atom stereocenters. The fraction of sp³-hybridized carbons (Fsp3) is 0.500. The number of para-hydroxylation sites is 1. The van der Waals surface area contributed by atoms with Crippen molar-refractivity contribution in [2.24, 2.45) is 22.2 Å². The minimum absolute atomic E-state index is 0.0400. The predicted molar refractivity (Wildman–Crippen MR) is 158 cm³/mol. The monoisotopic (exact) mass is 592 g/mol. The van der Waals surface area contributed by atoms with Crippen LogP contribution in [0.5, 0.6) is 0 Å². The van der Waals surface area contributed by atoms with Crippen molar-refractivity contribution in [1.29, 1.82) is 0 Å². The van der Waals surface area contributed by atoms with Crippen molar-refractivity contribution in [2.45, 2.75) is 62.9 Å². The van der Waals surface area contributed by atoms with Gasteiger partial charge in [0.2, 0.25) is 17.7 Å². The summed E-state index contributed by atoms with van der Waals surface area (Å²) in [5.74, 6) is -2.97. The fourth-order valence-electron chi connectivity index (χ4n) is 4.03. The van der Waals surface area contributed by atoms with E-state index in [1.807, 2.05) is 30.5 Å². The number of thioether (sulfide) groups is 1. The third-order valence-corrected chi connectivity index (χ3v) is 7.00. The highest BCUT2D eigenvalue weighted by Crippen LogP contribution is 2.19. The number of carboxylic acids is 1. The van der Waals surface area contributed by atoms with Gasteiger partial charge in [0.05, 0.1) is 6.10 Å². The predicted octanol–water partition coefficient (Wildman–Crippen LogP) is -1.24. The van der Waals surface area contributed by atoms with Gasteiger partial charge in [-0.2, -0.15) is 11.8 Å². The first-order valence-electron chi connectivity index (χ1n) is 13.1. The highest BCUT2D eigenvalue weighted by atomic mass is 32.2. The summed E-state index contributed by atoms with van der Waals surface area (Å²) in [6.07, 6.45) is 2.99. The zero-order valence-corrected chi connectivity index (χ0v) is 23.9. The van der Waals surface area contributed by atoms with Crippen LogP contribution in [0.4, 0.5) is 0 Å². The molecule has 0 aliphatic carbocycles. The third kappa shape index (κ3) is 10.6. The highest BCUT2D eigenvalue weighted by Gasteiger charge is 2.31. The van der Waals surface area contributed by atoms with E-state index in [4.69, 9.17) is 17.2 Å². The maximum Gasteiger partial charge on any atom is 0.326 e. The third-order valence-electron chi connectivity index (χ3n) is 6.36. The summed E-state index contributed by atoms with van der Waals surface area (Å²) in [5.41, 5.74) is 18.0. The number of carboxylic acid groups (broad SMARTS) is 1. The smallest absolute Gasteiger partial charge is 0.326 e. The Morgan fingerprint density at radius 1 is 1.00 bits per heavy atom. The van der Waals surface area contributed by atoms with Crippen LogP contribution in [0.3, 0.4) is 0 Å². The number of rotatable bonds is 17. The Kier molecular flexibility index (Phi) is 13.4. The summed E-state index contributed by atoms with van der Waals surface area (Å²) < 4.78 is 0. The molecule has 0 saturated carbocycles. The molecule has 0 saturated heterocycles. The molecule has 226 valence electrons. The van der Waals surface area contributed by atoms with E-state index in [-0.39, 0.29) is 31.8 Å². The first-order valence-corrected chi connectivity index (χ1v) is 14.5. The minimum atomic E-state index is -1.29. The molecule has 2 aromatic rings. The molecule has 12 N–H and O–H groups in total. The van der Waals surface area contributed by atoms with Crippen molar-refractivity contribution in [3.05, 3.63) is 36.0 Å². The Labute approximate surface area is 242 Å². The van der Waals surface area contributed by atoms with E-state index >= 15 is 0 Å². The molecule has 1 heterocycles. The lowest BCUT2D eigenvalue weighted by molar-refractivity contribution is -0.142. The zero-order valence-electron chi connectivity index (χ0n) is 23.1. The summed E-state index contributed by atoms with van der Waals surface area (Å²) in [5, 5.41) is 27.9. The summed E-state index contributed by atoms with van der Waals surface area (Å²) >= 11 is 1.44. The molecule has 1 aromatic carbocycles. The van der Waals surface area contributed by atoms with E-state index < -0.39 is 54.0 Å². The number of carbonyl (C=O) groups is 4. The molecular formula is C26H40N8O6S. The van der Waals surface area contributed by atoms with Gasteiger partial charge in [-0.3, -0.25) is 19.4 Å². The number of aliphatic imine (C=N–C) groups is 1. The molecule has 15 heteroatoms. The largest absolute Gasteiger partial charge is 0.480 e. The molecule has 0 radical (unpaired) electrons. The number of fused-ring (bicyclic) bond motifs is 1. The average molecular weight is 593 g/mol. The van der Waals surface area contributed by atoms with E-state index in [0.717, 1.165) is 16.5 Å². The lowest BCUT2D eigenvalue weighted by Gasteiger charge is -2.25. The van der Waals surface area contributed by atoms with Crippen LogP contribution in [0.1, 0.15) is 31.7 Å². The Balaban J connectivity index is 2.33. The molecule has 0 bridgehead atoms. The Morgan fingerprint density at radius 2 is 1.63 bits per heavy atom. The van der Waals surface area contributed by atoms with E-state index in [2.05, 4.69) is 25.9 Å². The topological polar surface area (TPSA) is 251 Å². The number of aliphatic hydroxyl groups excluding tert-OH is 1. The number of nitrogens with two attached hydrogens (primary N) is 3. The number of nitrogens with one attached hydrogen (secondary N) is 4. The molecular weight excluding hydrogens is 552 g/mol. The van der Waals surface area contributed by atoms with Crippen molar-refractivity contribution in [2.75, 3.05) is 18.6 Å². The van der Waals surface area contributed by atoms with Crippen LogP contribution in [0.15, 0.2) is 35.5 Å².